The van der Waals surface area contributed by atoms with E-state index in [2.05, 4.69) is 36.4 Å². The summed E-state index contributed by atoms with van der Waals surface area (Å²) in [6.07, 6.45) is 6.12. The van der Waals surface area contributed by atoms with Crippen LogP contribution in [-0.2, 0) is 6.42 Å². The van der Waals surface area contributed by atoms with Crippen molar-refractivity contribution in [1.29, 1.82) is 0 Å². The lowest BCUT2D eigenvalue weighted by molar-refractivity contribution is 0.0312. The standard InChI is InChI=1S/C16H27NOS/c1-14-5-3-8-16(11-14,13-18)12-17(2)9-7-15-6-4-10-19-15/h4,6,10,14,18H,3,5,7-9,11-13H2,1-2H3. The van der Waals surface area contributed by atoms with E-state index >= 15 is 0 Å². The number of thiophene rings is 1. The number of hydrogen-bond acceptors (Lipinski definition) is 3. The van der Waals surface area contributed by atoms with Crippen molar-refractivity contribution >= 4 is 11.3 Å². The molecular formula is C16H27NOS. The summed E-state index contributed by atoms with van der Waals surface area (Å²) in [5.74, 6) is 0.770. The van der Waals surface area contributed by atoms with E-state index in [1.54, 1.807) is 0 Å². The fraction of sp³-hybridized carbons (Fsp3) is 0.750. The minimum absolute atomic E-state index is 0.155. The number of rotatable bonds is 6. The Bertz CT molecular complexity index is 365. The van der Waals surface area contributed by atoms with Crippen LogP contribution < -0.4 is 0 Å². The molecule has 2 nitrogen and oxygen atoms in total. The summed E-state index contributed by atoms with van der Waals surface area (Å²) in [7, 11) is 2.20. The van der Waals surface area contributed by atoms with Gasteiger partial charge in [-0.2, -0.15) is 0 Å². The predicted molar refractivity (Wildman–Crippen MR) is 82.7 cm³/mol. The minimum atomic E-state index is 0.155. The molecule has 0 spiro atoms. The van der Waals surface area contributed by atoms with Crippen molar-refractivity contribution in [2.45, 2.75) is 39.0 Å². The lowest BCUT2D eigenvalue weighted by atomic mass is 9.70. The Labute approximate surface area is 121 Å². The maximum atomic E-state index is 9.84. The van der Waals surface area contributed by atoms with Crippen LogP contribution in [0.25, 0.3) is 0 Å². The van der Waals surface area contributed by atoms with Crippen molar-refractivity contribution in [2.75, 3.05) is 26.7 Å². The second-order valence-electron chi connectivity index (χ2n) is 6.43. The summed E-state index contributed by atoms with van der Waals surface area (Å²) >= 11 is 1.84. The molecule has 3 heteroatoms. The maximum absolute atomic E-state index is 9.84. The fourth-order valence-corrected chi connectivity index (χ4v) is 4.21. The average Bonchev–Trinajstić information content (AvgIpc) is 2.89. The predicted octanol–water partition coefficient (Wildman–Crippen LogP) is 3.41. The monoisotopic (exact) mass is 281 g/mol. The van der Waals surface area contributed by atoms with Gasteiger partial charge in [-0.15, -0.1) is 11.3 Å². The third-order valence-corrected chi connectivity index (χ3v) is 5.38. The molecule has 0 aliphatic heterocycles. The second kappa shape index (κ2) is 6.87. The van der Waals surface area contributed by atoms with E-state index < -0.39 is 0 Å². The fourth-order valence-electron chi connectivity index (χ4n) is 3.51. The second-order valence-corrected chi connectivity index (χ2v) is 7.46. The Balaban J connectivity index is 1.83. The zero-order valence-corrected chi connectivity index (χ0v) is 13.1. The van der Waals surface area contributed by atoms with Gasteiger partial charge in [-0.05, 0) is 43.7 Å². The Morgan fingerprint density at radius 2 is 2.37 bits per heavy atom. The summed E-state index contributed by atoms with van der Waals surface area (Å²) in [6, 6.07) is 4.33. The van der Waals surface area contributed by atoms with Gasteiger partial charge in [0.25, 0.3) is 0 Å². The van der Waals surface area contributed by atoms with Gasteiger partial charge in [-0.25, -0.2) is 0 Å². The molecular weight excluding hydrogens is 254 g/mol. The summed E-state index contributed by atoms with van der Waals surface area (Å²) in [5, 5.41) is 12.0. The first-order valence-corrected chi connectivity index (χ1v) is 8.33. The molecule has 2 unspecified atom stereocenters. The maximum Gasteiger partial charge on any atom is 0.0499 e. The molecule has 2 rings (SSSR count). The molecule has 0 bridgehead atoms. The van der Waals surface area contributed by atoms with Gasteiger partial charge in [0.15, 0.2) is 0 Å². The van der Waals surface area contributed by atoms with Crippen LogP contribution in [-0.4, -0.2) is 36.8 Å². The van der Waals surface area contributed by atoms with Crippen LogP contribution in [0.3, 0.4) is 0 Å². The van der Waals surface area contributed by atoms with E-state index in [0.29, 0.717) is 6.61 Å². The van der Waals surface area contributed by atoms with Crippen molar-refractivity contribution in [3.8, 4) is 0 Å². The van der Waals surface area contributed by atoms with Gasteiger partial charge in [0.05, 0.1) is 0 Å². The average molecular weight is 281 g/mol. The Kier molecular flexibility index (Phi) is 5.43. The summed E-state index contributed by atoms with van der Waals surface area (Å²) in [6.45, 7) is 4.81. The molecule has 1 aliphatic rings. The normalized spacial score (nSPS) is 27.9. The molecule has 19 heavy (non-hydrogen) atoms. The summed E-state index contributed by atoms with van der Waals surface area (Å²) < 4.78 is 0. The van der Waals surface area contributed by atoms with Crippen molar-refractivity contribution in [3.63, 3.8) is 0 Å². The molecule has 1 saturated carbocycles. The first-order valence-electron chi connectivity index (χ1n) is 7.45. The summed E-state index contributed by atoms with van der Waals surface area (Å²) in [5.41, 5.74) is 0.155. The van der Waals surface area contributed by atoms with Gasteiger partial charge < -0.3 is 10.0 Å². The van der Waals surface area contributed by atoms with Gasteiger partial charge in [0.2, 0.25) is 0 Å². The minimum Gasteiger partial charge on any atom is -0.396 e. The molecule has 0 aromatic carbocycles. The lowest BCUT2D eigenvalue weighted by Crippen LogP contribution is -2.42. The largest absolute Gasteiger partial charge is 0.396 e. The van der Waals surface area contributed by atoms with E-state index in [0.717, 1.165) is 25.4 Å². The highest BCUT2D eigenvalue weighted by Gasteiger charge is 2.35. The molecule has 1 fully saturated rings. The van der Waals surface area contributed by atoms with E-state index in [-0.39, 0.29) is 5.41 Å². The van der Waals surface area contributed by atoms with Crippen LogP contribution in [0.4, 0.5) is 0 Å². The smallest absolute Gasteiger partial charge is 0.0499 e. The van der Waals surface area contributed by atoms with E-state index in [9.17, 15) is 5.11 Å². The number of aliphatic hydroxyl groups excluding tert-OH is 1. The van der Waals surface area contributed by atoms with Gasteiger partial charge in [0, 0.05) is 30.0 Å². The highest BCUT2D eigenvalue weighted by molar-refractivity contribution is 7.09. The van der Waals surface area contributed by atoms with Crippen LogP contribution in [0.2, 0.25) is 0 Å². The van der Waals surface area contributed by atoms with Crippen molar-refractivity contribution in [1.82, 2.24) is 4.90 Å². The molecule has 1 aliphatic carbocycles. The van der Waals surface area contributed by atoms with Crippen LogP contribution in [0.5, 0.6) is 0 Å². The van der Waals surface area contributed by atoms with Crippen molar-refractivity contribution in [2.24, 2.45) is 11.3 Å². The highest BCUT2D eigenvalue weighted by atomic mass is 32.1. The third-order valence-electron chi connectivity index (χ3n) is 4.45. The quantitative estimate of drug-likeness (QED) is 0.864. The molecule has 0 saturated heterocycles. The SMILES string of the molecule is CC1CCCC(CO)(CN(C)CCc2cccs2)C1. The van der Waals surface area contributed by atoms with Crippen molar-refractivity contribution < 1.29 is 5.11 Å². The van der Waals surface area contributed by atoms with Crippen LogP contribution >= 0.6 is 11.3 Å². The lowest BCUT2D eigenvalue weighted by Gasteiger charge is -2.41. The topological polar surface area (TPSA) is 23.5 Å². The number of aliphatic hydroxyl groups is 1. The Morgan fingerprint density at radius 1 is 1.53 bits per heavy atom. The number of likely N-dealkylation sites (N-methyl/N-ethyl adjacent to an activating group) is 1. The molecule has 1 aromatic rings. The molecule has 0 amide bonds. The van der Waals surface area contributed by atoms with Crippen LogP contribution in [0.15, 0.2) is 17.5 Å². The van der Waals surface area contributed by atoms with Crippen LogP contribution in [0, 0.1) is 11.3 Å². The third kappa shape index (κ3) is 4.30. The summed E-state index contributed by atoms with van der Waals surface area (Å²) in [4.78, 5) is 3.87. The van der Waals surface area contributed by atoms with Gasteiger partial charge in [-0.1, -0.05) is 25.8 Å². The Morgan fingerprint density at radius 3 is 3.00 bits per heavy atom. The van der Waals surface area contributed by atoms with Gasteiger partial charge >= 0.3 is 0 Å². The molecule has 1 heterocycles. The van der Waals surface area contributed by atoms with E-state index in [1.807, 2.05) is 11.3 Å². The molecule has 0 radical (unpaired) electrons. The first kappa shape index (κ1) is 15.0. The highest BCUT2D eigenvalue weighted by Crippen LogP contribution is 2.39. The van der Waals surface area contributed by atoms with Gasteiger partial charge in [0.1, 0.15) is 0 Å². The molecule has 1 aromatic heterocycles. The molecule has 2 atom stereocenters. The number of nitrogens with zero attached hydrogens (tertiary/aromatic N) is 1. The van der Waals surface area contributed by atoms with Gasteiger partial charge in [-0.3, -0.25) is 0 Å². The number of hydrogen-bond donors (Lipinski definition) is 1. The van der Waals surface area contributed by atoms with Crippen molar-refractivity contribution in [3.05, 3.63) is 22.4 Å². The Hall–Kier alpha value is -0.380. The zero-order chi connectivity index (χ0) is 13.7. The van der Waals surface area contributed by atoms with Crippen LogP contribution in [0.1, 0.15) is 37.5 Å². The molecule has 108 valence electrons. The first-order chi connectivity index (χ1) is 9.13. The zero-order valence-electron chi connectivity index (χ0n) is 12.3. The van der Waals surface area contributed by atoms with E-state index in [1.165, 1.54) is 30.6 Å². The molecule has 1 N–H and O–H groups in total. The van der Waals surface area contributed by atoms with E-state index in [4.69, 9.17) is 0 Å².